The van der Waals surface area contributed by atoms with Crippen LogP contribution in [0.4, 0.5) is 0 Å². The molecule has 0 aromatic heterocycles. The van der Waals surface area contributed by atoms with Crippen molar-refractivity contribution in [3.63, 3.8) is 0 Å². The third kappa shape index (κ3) is 12.9. The second-order valence-electron chi connectivity index (χ2n) is 8.02. The van der Waals surface area contributed by atoms with Gasteiger partial charge in [0.05, 0.1) is 26.2 Å². The largest absolute Gasteiger partial charge is 1.00 e. The lowest BCUT2D eigenvalue weighted by atomic mass is 10.0. The average Bonchev–Trinajstić information content (AvgIpc) is 2.40. The minimum atomic E-state index is -0.0289. The van der Waals surface area contributed by atoms with Gasteiger partial charge in [0.15, 0.2) is 6.54 Å². The van der Waals surface area contributed by atoms with E-state index in [4.69, 9.17) is 4.74 Å². The number of carbonyl (C=O) groups excluding carboxylic acids is 1. The molecule has 0 aromatic rings. The molecule has 0 saturated carbocycles. The first-order valence-electron chi connectivity index (χ1n) is 9.21. The van der Waals surface area contributed by atoms with Crippen LogP contribution in [0.5, 0.6) is 0 Å². The molecular weight excluding hydrogens is 354 g/mol. The molecule has 0 rings (SSSR count). The first-order chi connectivity index (χ1) is 10.2. The van der Waals surface area contributed by atoms with Crippen LogP contribution in [0.2, 0.25) is 0 Å². The molecular formula is C19H40BrNO2. The van der Waals surface area contributed by atoms with Crippen molar-refractivity contribution in [3.05, 3.63) is 0 Å². The lowest BCUT2D eigenvalue weighted by Crippen LogP contribution is -3.00. The van der Waals surface area contributed by atoms with Crippen LogP contribution in [0.1, 0.15) is 67.7 Å². The minimum Gasteiger partial charge on any atom is -1.00 e. The molecule has 0 aromatic carbocycles. The molecule has 3 nitrogen and oxygen atoms in total. The third-order valence-electron chi connectivity index (χ3n) is 4.31. The number of hydrogen-bond acceptors (Lipinski definition) is 2. The molecule has 0 spiro atoms. The summed E-state index contributed by atoms with van der Waals surface area (Å²) in [5.41, 5.74) is 0. The maximum absolute atomic E-state index is 12.2. The highest BCUT2D eigenvalue weighted by molar-refractivity contribution is 5.70. The van der Waals surface area contributed by atoms with Crippen molar-refractivity contribution in [1.82, 2.24) is 0 Å². The average molecular weight is 394 g/mol. The number of esters is 1. The van der Waals surface area contributed by atoms with Gasteiger partial charge in [-0.15, -0.1) is 0 Å². The second kappa shape index (κ2) is 13.2. The van der Waals surface area contributed by atoms with Crippen molar-refractivity contribution in [2.45, 2.75) is 67.7 Å². The maximum Gasteiger partial charge on any atom is 0.361 e. The smallest absolute Gasteiger partial charge is 0.361 e. The normalized spacial score (nSPS) is 11.9. The number of ether oxygens (including phenoxy) is 1. The molecule has 0 atom stereocenters. The van der Waals surface area contributed by atoms with E-state index in [9.17, 15) is 4.79 Å². The highest BCUT2D eigenvalue weighted by Gasteiger charge is 2.31. The van der Waals surface area contributed by atoms with Crippen LogP contribution in [-0.2, 0) is 9.53 Å². The molecule has 0 saturated heterocycles. The van der Waals surface area contributed by atoms with E-state index >= 15 is 0 Å². The molecule has 0 bridgehead atoms. The van der Waals surface area contributed by atoms with E-state index in [0.717, 1.165) is 24.1 Å². The highest BCUT2D eigenvalue weighted by Crippen LogP contribution is 2.19. The summed E-state index contributed by atoms with van der Waals surface area (Å²) in [6, 6.07) is 0. The van der Waals surface area contributed by atoms with Gasteiger partial charge in [-0.05, 0) is 43.9 Å². The van der Waals surface area contributed by atoms with Crippen LogP contribution in [-0.4, -0.2) is 43.2 Å². The Morgan fingerprint density at radius 3 is 1.43 bits per heavy atom. The maximum atomic E-state index is 12.2. The van der Waals surface area contributed by atoms with Crippen LogP contribution in [0.25, 0.3) is 0 Å². The van der Waals surface area contributed by atoms with Crippen molar-refractivity contribution in [2.24, 2.45) is 17.8 Å². The predicted molar refractivity (Wildman–Crippen MR) is 94.7 cm³/mol. The summed E-state index contributed by atoms with van der Waals surface area (Å²) in [4.78, 5) is 12.2. The van der Waals surface area contributed by atoms with Crippen LogP contribution in [0.3, 0.4) is 0 Å². The van der Waals surface area contributed by atoms with E-state index in [1.165, 1.54) is 19.3 Å². The fourth-order valence-corrected chi connectivity index (χ4v) is 2.65. The number of halogens is 1. The van der Waals surface area contributed by atoms with Gasteiger partial charge in [0.2, 0.25) is 0 Å². The number of quaternary nitrogens is 1. The van der Waals surface area contributed by atoms with Crippen LogP contribution >= 0.6 is 0 Å². The first-order valence-corrected chi connectivity index (χ1v) is 9.21. The fraction of sp³-hybridized carbons (Fsp3) is 0.947. The minimum absolute atomic E-state index is 0. The molecule has 0 heterocycles. The summed E-state index contributed by atoms with van der Waals surface area (Å²) in [6.45, 7) is 19.8. The molecule has 23 heavy (non-hydrogen) atoms. The van der Waals surface area contributed by atoms with Crippen molar-refractivity contribution in [1.29, 1.82) is 0 Å². The zero-order valence-corrected chi connectivity index (χ0v) is 18.1. The van der Waals surface area contributed by atoms with Crippen LogP contribution in [0, 0.1) is 17.8 Å². The Kier molecular flexibility index (Phi) is 14.5. The molecule has 4 heteroatoms. The molecule has 0 N–H and O–H groups in total. The molecule has 140 valence electrons. The summed E-state index contributed by atoms with van der Waals surface area (Å²) in [5, 5.41) is 0. The van der Waals surface area contributed by atoms with Gasteiger partial charge in [0.25, 0.3) is 0 Å². The van der Waals surface area contributed by atoms with E-state index in [1.54, 1.807) is 0 Å². The van der Waals surface area contributed by atoms with E-state index < -0.39 is 0 Å². The van der Waals surface area contributed by atoms with Crippen LogP contribution < -0.4 is 17.0 Å². The van der Waals surface area contributed by atoms with Gasteiger partial charge >= 0.3 is 5.97 Å². The van der Waals surface area contributed by atoms with Gasteiger partial charge in [-0.3, -0.25) is 0 Å². The monoisotopic (exact) mass is 393 g/mol. The summed E-state index contributed by atoms with van der Waals surface area (Å²) in [5.74, 6) is 2.01. The van der Waals surface area contributed by atoms with Crippen LogP contribution in [0.15, 0.2) is 0 Å². The predicted octanol–water partition coefficient (Wildman–Crippen LogP) is 1.51. The summed E-state index contributed by atoms with van der Waals surface area (Å²) in [6.07, 6.45) is 3.53. The molecule has 0 aliphatic carbocycles. The number of hydrogen-bond donors (Lipinski definition) is 0. The van der Waals surface area contributed by atoms with Crippen molar-refractivity contribution in [3.8, 4) is 0 Å². The lowest BCUT2D eigenvalue weighted by molar-refractivity contribution is -0.923. The molecule has 0 fully saturated rings. The van der Waals surface area contributed by atoms with E-state index in [0.29, 0.717) is 30.9 Å². The SMILES string of the molecule is CCOC(=O)C[N+](CCC(C)C)(CCC(C)C)CCC(C)C.[Br-]. The second-order valence-corrected chi connectivity index (χ2v) is 8.02. The summed E-state index contributed by atoms with van der Waals surface area (Å²) >= 11 is 0. The van der Waals surface area contributed by atoms with Gasteiger partial charge in [-0.2, -0.15) is 0 Å². The quantitative estimate of drug-likeness (QED) is 0.371. The molecule has 0 radical (unpaired) electrons. The Balaban J connectivity index is 0. The topological polar surface area (TPSA) is 26.3 Å². The Morgan fingerprint density at radius 1 is 0.826 bits per heavy atom. The number of nitrogens with zero attached hydrogens (tertiary/aromatic N) is 1. The summed E-state index contributed by atoms with van der Waals surface area (Å²) in [7, 11) is 0. The van der Waals surface area contributed by atoms with Crippen molar-refractivity contribution >= 4 is 5.97 Å². The molecule has 0 unspecified atom stereocenters. The molecule has 0 amide bonds. The van der Waals surface area contributed by atoms with Gasteiger partial charge in [-0.1, -0.05) is 41.5 Å². The fourth-order valence-electron chi connectivity index (χ4n) is 2.65. The van der Waals surface area contributed by atoms with Crippen molar-refractivity contribution in [2.75, 3.05) is 32.8 Å². The zero-order valence-electron chi connectivity index (χ0n) is 16.5. The molecule has 0 aliphatic heterocycles. The number of carbonyl (C=O) groups is 1. The first kappa shape index (κ1) is 25.2. The van der Waals surface area contributed by atoms with Gasteiger partial charge in [-0.25, -0.2) is 4.79 Å². The molecule has 0 aliphatic rings. The Labute approximate surface area is 155 Å². The van der Waals surface area contributed by atoms with E-state index in [2.05, 4.69) is 41.5 Å². The standard InChI is InChI=1S/C19H40NO2.BrH/c1-8-22-19(21)15-20(12-9-16(2)3,13-10-17(4)5)14-11-18(6)7;/h16-18H,8-15H2,1-7H3;1H/q+1;/p-1. The number of rotatable bonds is 12. The summed E-state index contributed by atoms with van der Waals surface area (Å²) < 4.78 is 6.17. The van der Waals surface area contributed by atoms with Gasteiger partial charge in [0, 0.05) is 0 Å². The highest BCUT2D eigenvalue weighted by atomic mass is 79.9. The van der Waals surface area contributed by atoms with Gasteiger partial charge in [0.1, 0.15) is 0 Å². The Bertz CT molecular complexity index is 272. The zero-order chi connectivity index (χ0) is 17.2. The van der Waals surface area contributed by atoms with Crippen molar-refractivity contribution < 1.29 is 31.0 Å². The van der Waals surface area contributed by atoms with E-state index in [1.807, 2.05) is 6.92 Å². The lowest BCUT2D eigenvalue weighted by Gasteiger charge is -2.39. The Morgan fingerprint density at radius 2 is 1.17 bits per heavy atom. The Hall–Kier alpha value is -0.0900. The van der Waals surface area contributed by atoms with E-state index in [-0.39, 0.29) is 23.0 Å². The van der Waals surface area contributed by atoms with Gasteiger partial charge < -0.3 is 26.2 Å². The third-order valence-corrected chi connectivity index (χ3v) is 4.31.